The number of benzene rings is 1. The number of hydrogen-bond acceptors (Lipinski definition) is 2. The summed E-state index contributed by atoms with van der Waals surface area (Å²) in [5.74, 6) is -0.0228. The summed E-state index contributed by atoms with van der Waals surface area (Å²) in [6.07, 6.45) is 0.863. The molecule has 1 fully saturated rings. The van der Waals surface area contributed by atoms with E-state index in [1.165, 1.54) is 5.56 Å². The third-order valence-corrected chi connectivity index (χ3v) is 3.86. The molecule has 0 spiro atoms. The minimum Gasteiger partial charge on any atom is -0.303 e. The number of fused-ring (bicyclic) bond motifs is 3. The Bertz CT molecular complexity index is 414. The molecular weight excluding hydrogens is 274 g/mol. The lowest BCUT2D eigenvalue weighted by molar-refractivity contribution is 0.0817. The van der Waals surface area contributed by atoms with Crippen LogP contribution in [0.25, 0.3) is 0 Å². The smallest absolute Gasteiger partial charge is 0.126 e. The molecule has 1 atom stereocenters. The highest BCUT2D eigenvalue weighted by Gasteiger charge is 2.32. The lowest BCUT2D eigenvalue weighted by atomic mass is 9.90. The van der Waals surface area contributed by atoms with Crippen molar-refractivity contribution < 1.29 is 4.39 Å². The van der Waals surface area contributed by atoms with Crippen molar-refractivity contribution in [2.75, 3.05) is 33.2 Å². The van der Waals surface area contributed by atoms with E-state index in [1.807, 2.05) is 6.07 Å². The van der Waals surface area contributed by atoms with Crippen LogP contribution in [0.1, 0.15) is 17.2 Å². The van der Waals surface area contributed by atoms with Gasteiger partial charge >= 0.3 is 0 Å². The van der Waals surface area contributed by atoms with E-state index in [0.717, 1.165) is 38.2 Å². The van der Waals surface area contributed by atoms with Crippen molar-refractivity contribution >= 4 is 24.8 Å². The van der Waals surface area contributed by atoms with E-state index in [1.54, 1.807) is 6.07 Å². The molecule has 1 unspecified atom stereocenters. The fourth-order valence-electron chi connectivity index (χ4n) is 2.93. The standard InChI is InChI=1S/C13H17FN2.2ClH/c1-15-7-8-16-6-5-10-11(13(16)9-15)3-2-4-12(10)14;;/h2-4,13H,5-9H2,1H3;2*1H. The first-order valence-electron chi connectivity index (χ1n) is 5.95. The minimum absolute atomic E-state index is 0. The Morgan fingerprint density at radius 2 is 1.94 bits per heavy atom. The zero-order chi connectivity index (χ0) is 11.1. The number of rotatable bonds is 0. The molecule has 18 heavy (non-hydrogen) atoms. The van der Waals surface area contributed by atoms with E-state index in [0.29, 0.717) is 6.04 Å². The number of hydrogen-bond donors (Lipinski definition) is 0. The van der Waals surface area contributed by atoms with E-state index >= 15 is 0 Å². The van der Waals surface area contributed by atoms with Crippen LogP contribution in [0, 0.1) is 5.82 Å². The molecule has 0 aliphatic carbocycles. The minimum atomic E-state index is -0.0228. The second kappa shape index (κ2) is 6.20. The summed E-state index contributed by atoms with van der Waals surface area (Å²) < 4.78 is 13.7. The Balaban J connectivity index is 0.000000810. The molecule has 0 amide bonds. The van der Waals surface area contributed by atoms with Gasteiger partial charge < -0.3 is 4.90 Å². The quantitative estimate of drug-likeness (QED) is 0.725. The van der Waals surface area contributed by atoms with Crippen LogP contribution in [0.3, 0.4) is 0 Å². The first-order valence-corrected chi connectivity index (χ1v) is 5.95. The predicted molar refractivity (Wildman–Crippen MR) is 76.4 cm³/mol. The average Bonchev–Trinajstić information content (AvgIpc) is 2.29. The summed E-state index contributed by atoms with van der Waals surface area (Å²) in [7, 11) is 2.14. The highest BCUT2D eigenvalue weighted by Crippen LogP contribution is 2.33. The Morgan fingerprint density at radius 1 is 1.17 bits per heavy atom. The van der Waals surface area contributed by atoms with Crippen LogP contribution in [0.15, 0.2) is 18.2 Å². The van der Waals surface area contributed by atoms with Crippen LogP contribution in [0.2, 0.25) is 0 Å². The van der Waals surface area contributed by atoms with Gasteiger partial charge in [-0.1, -0.05) is 12.1 Å². The maximum atomic E-state index is 13.7. The fraction of sp³-hybridized carbons (Fsp3) is 0.538. The first kappa shape index (κ1) is 15.7. The van der Waals surface area contributed by atoms with Crippen LogP contribution in [0.5, 0.6) is 0 Å². The number of likely N-dealkylation sites (N-methyl/N-ethyl adjacent to an activating group) is 1. The topological polar surface area (TPSA) is 6.48 Å². The molecule has 1 aromatic rings. The molecule has 2 heterocycles. The van der Waals surface area contributed by atoms with Gasteiger partial charge in [0.1, 0.15) is 5.82 Å². The number of piperazine rings is 1. The largest absolute Gasteiger partial charge is 0.303 e. The van der Waals surface area contributed by atoms with Gasteiger partial charge in [-0.25, -0.2) is 4.39 Å². The highest BCUT2D eigenvalue weighted by molar-refractivity contribution is 5.85. The maximum Gasteiger partial charge on any atom is 0.126 e. The van der Waals surface area contributed by atoms with Crippen LogP contribution in [-0.4, -0.2) is 43.0 Å². The van der Waals surface area contributed by atoms with Gasteiger partial charge in [0, 0.05) is 32.2 Å². The molecule has 1 saturated heterocycles. The van der Waals surface area contributed by atoms with Crippen LogP contribution in [-0.2, 0) is 6.42 Å². The second-order valence-electron chi connectivity index (χ2n) is 4.87. The molecule has 0 saturated carbocycles. The van der Waals surface area contributed by atoms with Crippen LogP contribution >= 0.6 is 24.8 Å². The highest BCUT2D eigenvalue weighted by atomic mass is 35.5. The summed E-state index contributed by atoms with van der Waals surface area (Å²) in [6, 6.07) is 5.92. The van der Waals surface area contributed by atoms with Gasteiger partial charge in [0.2, 0.25) is 0 Å². The molecular formula is C13H19Cl2FN2. The normalized spacial score (nSPS) is 23.3. The average molecular weight is 293 g/mol. The maximum absolute atomic E-state index is 13.7. The summed E-state index contributed by atoms with van der Waals surface area (Å²) in [4.78, 5) is 4.82. The Morgan fingerprint density at radius 3 is 2.72 bits per heavy atom. The van der Waals surface area contributed by atoms with Crippen molar-refractivity contribution in [2.45, 2.75) is 12.5 Å². The van der Waals surface area contributed by atoms with Crippen LogP contribution in [0.4, 0.5) is 4.39 Å². The molecule has 0 radical (unpaired) electrons. The van der Waals surface area contributed by atoms with Crippen molar-refractivity contribution in [1.29, 1.82) is 0 Å². The van der Waals surface area contributed by atoms with E-state index in [9.17, 15) is 4.39 Å². The number of nitrogens with zero attached hydrogens (tertiary/aromatic N) is 2. The van der Waals surface area contributed by atoms with Crippen molar-refractivity contribution in [3.05, 3.63) is 35.1 Å². The second-order valence-corrected chi connectivity index (χ2v) is 4.87. The third-order valence-electron chi connectivity index (χ3n) is 3.86. The van der Waals surface area contributed by atoms with Gasteiger partial charge in [0.15, 0.2) is 0 Å². The zero-order valence-electron chi connectivity index (χ0n) is 10.4. The molecule has 0 N–H and O–H groups in total. The summed E-state index contributed by atoms with van der Waals surface area (Å²) >= 11 is 0. The lowest BCUT2D eigenvalue weighted by Gasteiger charge is -2.43. The van der Waals surface area contributed by atoms with Gasteiger partial charge in [-0.15, -0.1) is 24.8 Å². The molecule has 102 valence electrons. The van der Waals surface area contributed by atoms with Gasteiger partial charge in [-0.2, -0.15) is 0 Å². The predicted octanol–water partition coefficient (Wildman–Crippen LogP) is 2.51. The SMILES string of the molecule is CN1CCN2CCc3c(F)cccc3C2C1.Cl.Cl. The molecule has 2 nitrogen and oxygen atoms in total. The van der Waals surface area contributed by atoms with Crippen molar-refractivity contribution in [3.63, 3.8) is 0 Å². The molecule has 2 aliphatic heterocycles. The Kier molecular flexibility index (Phi) is 5.41. The van der Waals surface area contributed by atoms with Crippen molar-refractivity contribution in [3.8, 4) is 0 Å². The summed E-state index contributed by atoms with van der Waals surface area (Å²) in [5.41, 5.74) is 2.15. The molecule has 0 aromatic heterocycles. The van der Waals surface area contributed by atoms with Gasteiger partial charge in [0.25, 0.3) is 0 Å². The molecule has 5 heteroatoms. The molecule has 1 aromatic carbocycles. The molecule has 2 aliphatic rings. The lowest BCUT2D eigenvalue weighted by Crippen LogP contribution is -2.49. The Hall–Kier alpha value is -0.350. The van der Waals surface area contributed by atoms with E-state index in [2.05, 4.69) is 22.9 Å². The molecule has 3 rings (SSSR count). The molecule has 0 bridgehead atoms. The summed E-state index contributed by atoms with van der Waals surface area (Å²) in [6.45, 7) is 4.27. The van der Waals surface area contributed by atoms with E-state index < -0.39 is 0 Å². The number of halogens is 3. The monoisotopic (exact) mass is 292 g/mol. The van der Waals surface area contributed by atoms with Crippen LogP contribution < -0.4 is 0 Å². The van der Waals surface area contributed by atoms with Gasteiger partial charge in [-0.05, 0) is 30.7 Å². The van der Waals surface area contributed by atoms with Gasteiger partial charge in [-0.3, -0.25) is 4.90 Å². The first-order chi connectivity index (χ1) is 7.75. The Labute approximate surface area is 120 Å². The van der Waals surface area contributed by atoms with Crippen molar-refractivity contribution in [1.82, 2.24) is 9.80 Å². The van der Waals surface area contributed by atoms with E-state index in [-0.39, 0.29) is 30.6 Å². The third kappa shape index (κ3) is 2.64. The van der Waals surface area contributed by atoms with E-state index in [4.69, 9.17) is 0 Å². The summed E-state index contributed by atoms with van der Waals surface area (Å²) in [5, 5.41) is 0. The van der Waals surface area contributed by atoms with Crippen molar-refractivity contribution in [2.24, 2.45) is 0 Å². The fourth-order valence-corrected chi connectivity index (χ4v) is 2.93. The van der Waals surface area contributed by atoms with Gasteiger partial charge in [0.05, 0.1) is 0 Å². The zero-order valence-corrected chi connectivity index (χ0v) is 12.1.